The van der Waals surface area contributed by atoms with Gasteiger partial charge in [-0.25, -0.2) is 0 Å². The Morgan fingerprint density at radius 3 is 2.12 bits per heavy atom. The van der Waals surface area contributed by atoms with Gasteiger partial charge in [0.15, 0.2) is 0 Å². The quantitative estimate of drug-likeness (QED) is 0.791. The number of nitrogens with one attached hydrogen (secondary N) is 1. The summed E-state index contributed by atoms with van der Waals surface area (Å²) in [6.45, 7) is 5.59. The lowest BCUT2D eigenvalue weighted by atomic mass is 9.99. The highest BCUT2D eigenvalue weighted by Gasteiger charge is 2.12. The molecule has 0 radical (unpaired) electrons. The van der Waals surface area contributed by atoms with Crippen molar-refractivity contribution in [1.29, 1.82) is 0 Å². The second-order valence-corrected chi connectivity index (χ2v) is 3.92. The normalized spacial score (nSPS) is 9.94. The highest BCUT2D eigenvalue weighted by atomic mass is 16.2. The van der Waals surface area contributed by atoms with Gasteiger partial charge in [0.05, 0.1) is 6.54 Å². The number of amides is 2. The van der Waals surface area contributed by atoms with Gasteiger partial charge in [0, 0.05) is 5.56 Å². The van der Waals surface area contributed by atoms with Crippen molar-refractivity contribution in [3.8, 4) is 0 Å². The molecule has 16 heavy (non-hydrogen) atoms. The number of rotatable bonds is 3. The fourth-order valence-electron chi connectivity index (χ4n) is 1.79. The van der Waals surface area contributed by atoms with Crippen molar-refractivity contribution in [2.75, 3.05) is 6.54 Å². The first-order valence-corrected chi connectivity index (χ1v) is 5.06. The molecule has 0 heterocycles. The van der Waals surface area contributed by atoms with Crippen LogP contribution in [0.25, 0.3) is 0 Å². The van der Waals surface area contributed by atoms with E-state index in [1.165, 1.54) is 0 Å². The molecular weight excluding hydrogens is 204 g/mol. The molecular formula is C12H16N2O2. The average molecular weight is 220 g/mol. The number of benzene rings is 1. The maximum Gasteiger partial charge on any atom is 0.252 e. The van der Waals surface area contributed by atoms with E-state index in [4.69, 9.17) is 5.73 Å². The molecule has 0 aromatic heterocycles. The van der Waals surface area contributed by atoms with E-state index in [2.05, 4.69) is 5.32 Å². The Bertz CT molecular complexity index is 416. The maximum atomic E-state index is 11.8. The summed E-state index contributed by atoms with van der Waals surface area (Å²) in [5.41, 5.74) is 8.50. The third kappa shape index (κ3) is 2.82. The molecule has 1 aromatic carbocycles. The van der Waals surface area contributed by atoms with Crippen LogP contribution in [0, 0.1) is 20.8 Å². The van der Waals surface area contributed by atoms with Crippen molar-refractivity contribution < 1.29 is 9.59 Å². The van der Waals surface area contributed by atoms with Crippen LogP contribution < -0.4 is 11.1 Å². The standard InChI is InChI=1S/C12H16N2O2/c1-7-4-8(2)11(9(3)5-7)12(16)14-6-10(13)15/h4-5H,6H2,1-3H3,(H2,13,15)(H,14,16). The minimum absolute atomic E-state index is 0.133. The molecule has 0 spiro atoms. The van der Waals surface area contributed by atoms with Crippen molar-refractivity contribution in [1.82, 2.24) is 5.32 Å². The van der Waals surface area contributed by atoms with Crippen LogP contribution in [0.15, 0.2) is 12.1 Å². The first kappa shape index (κ1) is 12.2. The van der Waals surface area contributed by atoms with Crippen LogP contribution in [0.2, 0.25) is 0 Å². The van der Waals surface area contributed by atoms with Gasteiger partial charge in [-0.1, -0.05) is 17.7 Å². The number of primary amides is 1. The summed E-state index contributed by atoms with van der Waals surface area (Å²) >= 11 is 0. The molecule has 3 N–H and O–H groups in total. The van der Waals surface area contributed by atoms with Gasteiger partial charge in [0.25, 0.3) is 5.91 Å². The van der Waals surface area contributed by atoms with E-state index >= 15 is 0 Å². The third-order valence-electron chi connectivity index (χ3n) is 2.33. The van der Waals surface area contributed by atoms with Crippen molar-refractivity contribution in [3.63, 3.8) is 0 Å². The Morgan fingerprint density at radius 1 is 1.19 bits per heavy atom. The molecule has 0 bridgehead atoms. The molecule has 1 aromatic rings. The smallest absolute Gasteiger partial charge is 0.252 e. The van der Waals surface area contributed by atoms with E-state index in [1.54, 1.807) is 0 Å². The fraction of sp³-hybridized carbons (Fsp3) is 0.333. The lowest BCUT2D eigenvalue weighted by Crippen LogP contribution is -2.34. The highest BCUT2D eigenvalue weighted by molar-refractivity contribution is 5.98. The zero-order chi connectivity index (χ0) is 12.3. The Balaban J connectivity index is 2.95. The molecule has 0 aliphatic heterocycles. The predicted molar refractivity (Wildman–Crippen MR) is 62.2 cm³/mol. The van der Waals surface area contributed by atoms with Gasteiger partial charge in [0.2, 0.25) is 5.91 Å². The average Bonchev–Trinajstić information content (AvgIpc) is 2.12. The lowest BCUT2D eigenvalue weighted by molar-refractivity contribution is -0.117. The molecule has 0 atom stereocenters. The summed E-state index contributed by atoms with van der Waals surface area (Å²) in [4.78, 5) is 22.3. The second kappa shape index (κ2) is 4.79. The van der Waals surface area contributed by atoms with Gasteiger partial charge in [-0.3, -0.25) is 9.59 Å². The Morgan fingerprint density at radius 2 is 1.69 bits per heavy atom. The van der Waals surface area contributed by atoms with Crippen molar-refractivity contribution in [2.45, 2.75) is 20.8 Å². The number of hydrogen-bond acceptors (Lipinski definition) is 2. The summed E-state index contributed by atoms with van der Waals surface area (Å²) in [6, 6.07) is 3.87. The summed E-state index contributed by atoms with van der Waals surface area (Å²) in [5, 5.41) is 2.49. The zero-order valence-corrected chi connectivity index (χ0v) is 9.76. The van der Waals surface area contributed by atoms with Gasteiger partial charge >= 0.3 is 0 Å². The molecule has 0 saturated heterocycles. The second-order valence-electron chi connectivity index (χ2n) is 3.92. The van der Waals surface area contributed by atoms with Gasteiger partial charge in [0.1, 0.15) is 0 Å². The predicted octanol–water partition coefficient (Wildman–Crippen LogP) is 0.827. The Kier molecular flexibility index (Phi) is 3.66. The fourth-order valence-corrected chi connectivity index (χ4v) is 1.79. The van der Waals surface area contributed by atoms with E-state index in [0.29, 0.717) is 5.56 Å². The van der Waals surface area contributed by atoms with Crippen molar-refractivity contribution >= 4 is 11.8 Å². The van der Waals surface area contributed by atoms with Crippen LogP contribution in [0.1, 0.15) is 27.0 Å². The van der Waals surface area contributed by atoms with Crippen LogP contribution in [-0.4, -0.2) is 18.4 Å². The Labute approximate surface area is 94.8 Å². The van der Waals surface area contributed by atoms with E-state index < -0.39 is 5.91 Å². The van der Waals surface area contributed by atoms with Gasteiger partial charge in [-0.15, -0.1) is 0 Å². The minimum Gasteiger partial charge on any atom is -0.368 e. The number of hydrogen-bond donors (Lipinski definition) is 2. The Hall–Kier alpha value is -1.84. The number of carbonyl (C=O) groups is 2. The summed E-state index contributed by atoms with van der Waals surface area (Å²) in [5.74, 6) is -0.801. The van der Waals surface area contributed by atoms with Crippen molar-refractivity contribution in [3.05, 3.63) is 34.4 Å². The summed E-state index contributed by atoms with van der Waals surface area (Å²) < 4.78 is 0. The largest absolute Gasteiger partial charge is 0.368 e. The molecule has 0 unspecified atom stereocenters. The molecule has 1 rings (SSSR count). The number of aryl methyl sites for hydroxylation is 3. The van der Waals surface area contributed by atoms with Crippen LogP contribution in [0.4, 0.5) is 0 Å². The minimum atomic E-state index is -0.546. The molecule has 0 aliphatic carbocycles. The van der Waals surface area contributed by atoms with Gasteiger partial charge < -0.3 is 11.1 Å². The topological polar surface area (TPSA) is 72.2 Å². The lowest BCUT2D eigenvalue weighted by Gasteiger charge is -2.10. The summed E-state index contributed by atoms with van der Waals surface area (Å²) in [6.07, 6.45) is 0. The van der Waals surface area contributed by atoms with Crippen LogP contribution in [0.3, 0.4) is 0 Å². The molecule has 0 saturated carbocycles. The summed E-state index contributed by atoms with van der Waals surface area (Å²) in [7, 11) is 0. The van der Waals surface area contributed by atoms with Crippen LogP contribution in [-0.2, 0) is 4.79 Å². The number of carbonyl (C=O) groups excluding carboxylic acids is 2. The van der Waals surface area contributed by atoms with E-state index in [0.717, 1.165) is 16.7 Å². The maximum absolute atomic E-state index is 11.8. The molecule has 4 nitrogen and oxygen atoms in total. The SMILES string of the molecule is Cc1cc(C)c(C(=O)NCC(N)=O)c(C)c1. The molecule has 0 fully saturated rings. The van der Waals surface area contributed by atoms with Gasteiger partial charge in [-0.2, -0.15) is 0 Å². The third-order valence-corrected chi connectivity index (χ3v) is 2.33. The van der Waals surface area contributed by atoms with Crippen LogP contribution in [0.5, 0.6) is 0 Å². The van der Waals surface area contributed by atoms with Gasteiger partial charge in [-0.05, 0) is 31.9 Å². The van der Waals surface area contributed by atoms with Crippen molar-refractivity contribution in [2.24, 2.45) is 5.73 Å². The first-order chi connectivity index (χ1) is 7.41. The molecule has 86 valence electrons. The van der Waals surface area contributed by atoms with E-state index in [9.17, 15) is 9.59 Å². The van der Waals surface area contributed by atoms with Crippen LogP contribution >= 0.6 is 0 Å². The molecule has 4 heteroatoms. The first-order valence-electron chi connectivity index (χ1n) is 5.06. The zero-order valence-electron chi connectivity index (χ0n) is 9.76. The molecule has 0 aliphatic rings. The highest BCUT2D eigenvalue weighted by Crippen LogP contribution is 2.15. The van der Waals surface area contributed by atoms with E-state index in [-0.39, 0.29) is 12.5 Å². The van der Waals surface area contributed by atoms with E-state index in [1.807, 2.05) is 32.9 Å². The monoisotopic (exact) mass is 220 g/mol. The molecule has 2 amide bonds. The number of nitrogens with two attached hydrogens (primary N) is 1.